The van der Waals surface area contributed by atoms with Crippen molar-refractivity contribution in [2.24, 2.45) is 0 Å². The highest BCUT2D eigenvalue weighted by Gasteiger charge is 2.09. The first-order valence-corrected chi connectivity index (χ1v) is 5.87. The lowest BCUT2D eigenvalue weighted by molar-refractivity contribution is 0.0383. The van der Waals surface area contributed by atoms with Crippen LogP contribution in [0, 0.1) is 0 Å². The van der Waals surface area contributed by atoms with E-state index in [2.05, 4.69) is 36.1 Å². The van der Waals surface area contributed by atoms with Crippen molar-refractivity contribution in [2.75, 3.05) is 60.0 Å². The monoisotopic (exact) mass is 215 g/mol. The van der Waals surface area contributed by atoms with Crippen molar-refractivity contribution in [3.63, 3.8) is 0 Å². The highest BCUT2D eigenvalue weighted by Crippen LogP contribution is 1.95. The predicted octanol–water partition coefficient (Wildman–Crippen LogP) is -0.142. The number of likely N-dealkylation sites (N-methyl/N-ethyl adjacent to an activating group) is 1. The summed E-state index contributed by atoms with van der Waals surface area (Å²) in [4.78, 5) is 4.69. The lowest BCUT2D eigenvalue weighted by Crippen LogP contribution is -2.42. The van der Waals surface area contributed by atoms with Crippen LogP contribution in [0.2, 0.25) is 0 Å². The van der Waals surface area contributed by atoms with Crippen molar-refractivity contribution in [2.45, 2.75) is 13.0 Å². The molecule has 0 spiro atoms. The van der Waals surface area contributed by atoms with Gasteiger partial charge in [0.25, 0.3) is 0 Å². The maximum atomic E-state index is 5.31. The molecule has 90 valence electrons. The van der Waals surface area contributed by atoms with Gasteiger partial charge in [0.2, 0.25) is 0 Å². The van der Waals surface area contributed by atoms with Gasteiger partial charge in [0.15, 0.2) is 0 Å². The number of nitrogens with zero attached hydrogens (tertiary/aromatic N) is 2. The van der Waals surface area contributed by atoms with Gasteiger partial charge < -0.3 is 15.0 Å². The summed E-state index contributed by atoms with van der Waals surface area (Å²) in [5, 5.41) is 3.49. The summed E-state index contributed by atoms with van der Waals surface area (Å²) in [6.45, 7) is 9.50. The molecule has 1 aliphatic rings. The summed E-state index contributed by atoms with van der Waals surface area (Å²) < 4.78 is 5.31. The molecule has 0 aromatic carbocycles. The van der Waals surface area contributed by atoms with Gasteiger partial charge in [-0.2, -0.15) is 0 Å². The van der Waals surface area contributed by atoms with E-state index in [4.69, 9.17) is 4.74 Å². The van der Waals surface area contributed by atoms with Gasteiger partial charge in [-0.25, -0.2) is 0 Å². The average molecular weight is 215 g/mol. The Kier molecular flexibility index (Phi) is 6.17. The van der Waals surface area contributed by atoms with Gasteiger partial charge in [-0.05, 0) is 21.0 Å². The van der Waals surface area contributed by atoms with Gasteiger partial charge in [0, 0.05) is 38.8 Å². The molecule has 4 heteroatoms. The van der Waals surface area contributed by atoms with Crippen LogP contribution in [-0.2, 0) is 4.74 Å². The molecule has 0 aliphatic carbocycles. The Hall–Kier alpha value is -0.160. The van der Waals surface area contributed by atoms with Crippen molar-refractivity contribution in [1.29, 1.82) is 0 Å². The van der Waals surface area contributed by atoms with E-state index in [1.165, 1.54) is 0 Å². The molecule has 1 aliphatic heterocycles. The third-order valence-electron chi connectivity index (χ3n) is 3.03. The number of ether oxygens (including phenoxy) is 1. The van der Waals surface area contributed by atoms with Crippen LogP contribution in [-0.4, -0.2) is 75.9 Å². The lowest BCUT2D eigenvalue weighted by atomic mass is 10.3. The minimum Gasteiger partial charge on any atom is -0.379 e. The first-order valence-electron chi connectivity index (χ1n) is 5.87. The molecule has 0 aromatic heterocycles. The summed E-state index contributed by atoms with van der Waals surface area (Å²) in [7, 11) is 4.24. The highest BCUT2D eigenvalue weighted by molar-refractivity contribution is 4.66. The number of rotatable bonds is 6. The first kappa shape index (κ1) is 12.9. The first-order chi connectivity index (χ1) is 7.20. The topological polar surface area (TPSA) is 27.7 Å². The lowest BCUT2D eigenvalue weighted by Gasteiger charge is -2.27. The molecule has 1 saturated heterocycles. The van der Waals surface area contributed by atoms with Crippen molar-refractivity contribution >= 4 is 0 Å². The second kappa shape index (κ2) is 7.17. The summed E-state index contributed by atoms with van der Waals surface area (Å²) in [6.07, 6.45) is 0. The van der Waals surface area contributed by atoms with Gasteiger partial charge in [-0.15, -0.1) is 0 Å². The van der Waals surface area contributed by atoms with Crippen molar-refractivity contribution in [1.82, 2.24) is 15.1 Å². The van der Waals surface area contributed by atoms with Crippen LogP contribution in [0.15, 0.2) is 0 Å². The fraction of sp³-hybridized carbons (Fsp3) is 1.00. The van der Waals surface area contributed by atoms with Crippen molar-refractivity contribution < 1.29 is 4.74 Å². The van der Waals surface area contributed by atoms with E-state index in [1.807, 2.05) is 0 Å². The molecule has 0 saturated carbocycles. The zero-order valence-electron chi connectivity index (χ0n) is 10.3. The molecule has 15 heavy (non-hydrogen) atoms. The van der Waals surface area contributed by atoms with Crippen molar-refractivity contribution in [3.05, 3.63) is 0 Å². The van der Waals surface area contributed by atoms with Crippen LogP contribution in [0.1, 0.15) is 6.92 Å². The van der Waals surface area contributed by atoms with Crippen LogP contribution >= 0.6 is 0 Å². The van der Waals surface area contributed by atoms with E-state index in [0.29, 0.717) is 6.04 Å². The molecule has 1 N–H and O–H groups in total. The molecule has 1 unspecified atom stereocenters. The molecule has 1 atom stereocenters. The molecule has 1 heterocycles. The largest absolute Gasteiger partial charge is 0.379 e. The Morgan fingerprint density at radius 3 is 2.60 bits per heavy atom. The maximum absolute atomic E-state index is 5.31. The van der Waals surface area contributed by atoms with Gasteiger partial charge in [-0.1, -0.05) is 0 Å². The molecular weight excluding hydrogens is 190 g/mol. The van der Waals surface area contributed by atoms with E-state index in [1.54, 1.807) is 0 Å². The van der Waals surface area contributed by atoms with E-state index in [0.717, 1.165) is 45.9 Å². The standard InChI is InChI=1S/C11H25N3O/c1-11(13(2)3)10-12-4-5-14-6-8-15-9-7-14/h11-12H,4-10H2,1-3H3. The summed E-state index contributed by atoms with van der Waals surface area (Å²) in [5.74, 6) is 0. The van der Waals surface area contributed by atoms with Crippen LogP contribution in [0.25, 0.3) is 0 Å². The quantitative estimate of drug-likeness (QED) is 0.624. The number of hydrogen-bond donors (Lipinski definition) is 1. The fourth-order valence-corrected chi connectivity index (χ4v) is 1.56. The smallest absolute Gasteiger partial charge is 0.0594 e. The zero-order chi connectivity index (χ0) is 11.1. The Balaban J connectivity index is 1.96. The van der Waals surface area contributed by atoms with Crippen LogP contribution in [0.4, 0.5) is 0 Å². The molecule has 1 fully saturated rings. The van der Waals surface area contributed by atoms with E-state index >= 15 is 0 Å². The number of morpholine rings is 1. The van der Waals surface area contributed by atoms with Crippen LogP contribution < -0.4 is 5.32 Å². The SMILES string of the molecule is CC(CNCCN1CCOCC1)N(C)C. The van der Waals surface area contributed by atoms with E-state index in [-0.39, 0.29) is 0 Å². The molecule has 0 radical (unpaired) electrons. The van der Waals surface area contributed by atoms with Gasteiger partial charge in [0.05, 0.1) is 13.2 Å². The molecule has 1 rings (SSSR count). The Morgan fingerprint density at radius 2 is 2.00 bits per heavy atom. The van der Waals surface area contributed by atoms with E-state index < -0.39 is 0 Å². The fourth-order valence-electron chi connectivity index (χ4n) is 1.56. The second-order valence-electron chi connectivity index (χ2n) is 4.47. The van der Waals surface area contributed by atoms with Gasteiger partial charge in [0.1, 0.15) is 0 Å². The van der Waals surface area contributed by atoms with Gasteiger partial charge >= 0.3 is 0 Å². The highest BCUT2D eigenvalue weighted by atomic mass is 16.5. The van der Waals surface area contributed by atoms with Crippen LogP contribution in [0.5, 0.6) is 0 Å². The molecule has 0 aromatic rings. The maximum Gasteiger partial charge on any atom is 0.0594 e. The van der Waals surface area contributed by atoms with Gasteiger partial charge in [-0.3, -0.25) is 4.90 Å². The molecular formula is C11H25N3O. The van der Waals surface area contributed by atoms with E-state index in [9.17, 15) is 0 Å². The Labute approximate surface area is 93.6 Å². The predicted molar refractivity (Wildman–Crippen MR) is 63.3 cm³/mol. The minimum absolute atomic E-state index is 0.606. The summed E-state index contributed by atoms with van der Waals surface area (Å²) in [6, 6.07) is 0.606. The molecule has 0 amide bonds. The zero-order valence-corrected chi connectivity index (χ0v) is 10.3. The Bertz CT molecular complexity index is 158. The third-order valence-corrected chi connectivity index (χ3v) is 3.03. The minimum atomic E-state index is 0.606. The molecule has 0 bridgehead atoms. The Morgan fingerprint density at radius 1 is 1.33 bits per heavy atom. The molecule has 4 nitrogen and oxygen atoms in total. The second-order valence-corrected chi connectivity index (χ2v) is 4.47. The summed E-state index contributed by atoms with van der Waals surface area (Å²) in [5.41, 5.74) is 0. The number of nitrogens with one attached hydrogen (secondary N) is 1. The number of hydrogen-bond acceptors (Lipinski definition) is 4. The normalized spacial score (nSPS) is 20.8. The van der Waals surface area contributed by atoms with Crippen LogP contribution in [0.3, 0.4) is 0 Å². The summed E-state index contributed by atoms with van der Waals surface area (Å²) >= 11 is 0. The average Bonchev–Trinajstić information content (AvgIpc) is 2.25. The van der Waals surface area contributed by atoms with Crippen molar-refractivity contribution in [3.8, 4) is 0 Å². The third kappa shape index (κ3) is 5.47.